The van der Waals surface area contributed by atoms with Crippen molar-refractivity contribution in [3.8, 4) is 0 Å². The minimum atomic E-state index is -0.515. The fourth-order valence-corrected chi connectivity index (χ4v) is 3.05. The predicted molar refractivity (Wildman–Crippen MR) is 81.6 cm³/mol. The van der Waals surface area contributed by atoms with E-state index in [2.05, 4.69) is 4.98 Å². The van der Waals surface area contributed by atoms with Crippen molar-refractivity contribution in [1.29, 1.82) is 0 Å². The number of carbonyl (C=O) groups excluding carboxylic acids is 1. The molecule has 0 aliphatic carbocycles. The molecule has 1 aromatic carbocycles. The van der Waals surface area contributed by atoms with Crippen LogP contribution in [0.15, 0.2) is 24.3 Å². The van der Waals surface area contributed by atoms with Gasteiger partial charge in [-0.15, -0.1) is 11.3 Å². The molecule has 0 aliphatic rings. The third kappa shape index (κ3) is 3.36. The Labute approximate surface area is 126 Å². The summed E-state index contributed by atoms with van der Waals surface area (Å²) in [7, 11) is 1.61. The van der Waals surface area contributed by atoms with Gasteiger partial charge in [-0.1, -0.05) is 23.7 Å². The van der Waals surface area contributed by atoms with E-state index in [0.717, 1.165) is 22.6 Å². The highest BCUT2D eigenvalue weighted by Crippen LogP contribution is 2.28. The predicted octanol–water partition coefficient (Wildman–Crippen LogP) is 2.65. The lowest BCUT2D eigenvalue weighted by Gasteiger charge is -2.11. The number of halogens is 1. The Morgan fingerprint density at radius 3 is 2.90 bits per heavy atom. The summed E-state index contributed by atoms with van der Waals surface area (Å²) in [6, 6.07) is 7.68. The minimum absolute atomic E-state index is 0.368. The van der Waals surface area contributed by atoms with Crippen LogP contribution in [0.1, 0.15) is 16.1 Å². The van der Waals surface area contributed by atoms with Crippen molar-refractivity contribution in [3.63, 3.8) is 0 Å². The van der Waals surface area contributed by atoms with Gasteiger partial charge in [0.15, 0.2) is 5.13 Å². The molecule has 0 unspecified atom stereocenters. The third-order valence-corrected chi connectivity index (χ3v) is 4.40. The molecule has 0 saturated carbocycles. The van der Waals surface area contributed by atoms with Gasteiger partial charge in [-0.2, -0.15) is 0 Å². The van der Waals surface area contributed by atoms with Crippen LogP contribution in [0.3, 0.4) is 0 Å². The summed E-state index contributed by atoms with van der Waals surface area (Å²) in [5.41, 5.74) is 1.99. The Morgan fingerprint density at radius 2 is 2.25 bits per heavy atom. The number of rotatable bonds is 4. The standard InChI is InChI=1S/C14H15ClN2O2S/c1-9-12(7-10-4-3-5-11(15)6-10)20-14(16-9)17(2)13(19)8-18/h3-6,18H,7-8H2,1-2H3. The molecule has 106 valence electrons. The zero-order valence-corrected chi connectivity index (χ0v) is 12.8. The summed E-state index contributed by atoms with van der Waals surface area (Å²) in [5.74, 6) is -0.368. The van der Waals surface area contributed by atoms with Gasteiger partial charge in [0.05, 0.1) is 5.69 Å². The first-order valence-corrected chi connectivity index (χ1v) is 7.29. The second-order valence-electron chi connectivity index (χ2n) is 4.42. The molecule has 6 heteroatoms. The van der Waals surface area contributed by atoms with Crippen LogP contribution in [0.2, 0.25) is 5.02 Å². The van der Waals surface area contributed by atoms with E-state index in [1.807, 2.05) is 31.2 Å². The summed E-state index contributed by atoms with van der Waals surface area (Å²) < 4.78 is 0. The largest absolute Gasteiger partial charge is 0.387 e. The lowest BCUT2D eigenvalue weighted by atomic mass is 10.1. The van der Waals surface area contributed by atoms with Gasteiger partial charge in [0.25, 0.3) is 5.91 Å². The number of anilines is 1. The molecule has 1 N–H and O–H groups in total. The highest BCUT2D eigenvalue weighted by Gasteiger charge is 2.16. The molecule has 2 rings (SSSR count). The van der Waals surface area contributed by atoms with E-state index in [4.69, 9.17) is 16.7 Å². The smallest absolute Gasteiger partial charge is 0.254 e. The minimum Gasteiger partial charge on any atom is -0.387 e. The van der Waals surface area contributed by atoms with Crippen molar-refractivity contribution in [2.75, 3.05) is 18.6 Å². The normalized spacial score (nSPS) is 10.6. The highest BCUT2D eigenvalue weighted by molar-refractivity contribution is 7.16. The zero-order valence-electron chi connectivity index (χ0n) is 11.3. The van der Waals surface area contributed by atoms with Crippen LogP contribution in [0.25, 0.3) is 0 Å². The first-order valence-electron chi connectivity index (χ1n) is 6.09. The number of thiazole rings is 1. The summed E-state index contributed by atoms with van der Waals surface area (Å²) in [6.45, 7) is 1.40. The maximum Gasteiger partial charge on any atom is 0.254 e. The van der Waals surface area contributed by atoms with Gasteiger partial charge in [0.1, 0.15) is 6.61 Å². The van der Waals surface area contributed by atoms with E-state index >= 15 is 0 Å². The molecule has 1 heterocycles. The van der Waals surface area contributed by atoms with Gasteiger partial charge in [-0.25, -0.2) is 4.98 Å². The molecule has 20 heavy (non-hydrogen) atoms. The molecule has 0 saturated heterocycles. The number of benzene rings is 1. The molecule has 4 nitrogen and oxygen atoms in total. The molecular formula is C14H15ClN2O2S. The Morgan fingerprint density at radius 1 is 1.50 bits per heavy atom. The molecular weight excluding hydrogens is 296 g/mol. The molecule has 1 aromatic heterocycles. The monoisotopic (exact) mass is 310 g/mol. The van der Waals surface area contributed by atoms with Crippen LogP contribution in [0, 0.1) is 6.92 Å². The topological polar surface area (TPSA) is 53.4 Å². The zero-order chi connectivity index (χ0) is 14.7. The summed E-state index contributed by atoms with van der Waals surface area (Å²) in [5, 5.41) is 10.2. The van der Waals surface area contributed by atoms with Crippen molar-refractivity contribution in [1.82, 2.24) is 4.98 Å². The molecule has 2 aromatic rings. The van der Waals surface area contributed by atoms with Crippen molar-refractivity contribution in [3.05, 3.63) is 45.4 Å². The SMILES string of the molecule is Cc1nc(N(C)C(=O)CO)sc1Cc1cccc(Cl)c1. The number of hydrogen-bond donors (Lipinski definition) is 1. The molecule has 0 spiro atoms. The Bertz CT molecular complexity index is 627. The number of amides is 1. The lowest BCUT2D eigenvalue weighted by Crippen LogP contribution is -2.28. The fourth-order valence-electron chi connectivity index (χ4n) is 1.77. The van der Waals surface area contributed by atoms with Crippen molar-refractivity contribution >= 4 is 34.0 Å². The fraction of sp³-hybridized carbons (Fsp3) is 0.286. The maximum absolute atomic E-state index is 11.5. The van der Waals surface area contributed by atoms with Gasteiger partial charge in [-0.3, -0.25) is 9.69 Å². The highest BCUT2D eigenvalue weighted by atomic mass is 35.5. The van der Waals surface area contributed by atoms with E-state index in [0.29, 0.717) is 10.2 Å². The molecule has 1 amide bonds. The molecule has 0 bridgehead atoms. The van der Waals surface area contributed by atoms with Crippen LogP contribution < -0.4 is 4.90 Å². The number of hydrogen-bond acceptors (Lipinski definition) is 4. The number of likely N-dealkylation sites (N-methyl/N-ethyl adjacent to an activating group) is 1. The Hall–Kier alpha value is -1.43. The van der Waals surface area contributed by atoms with E-state index in [9.17, 15) is 4.79 Å². The first-order chi connectivity index (χ1) is 9.51. The number of aryl methyl sites for hydroxylation is 1. The van der Waals surface area contributed by atoms with Crippen LogP contribution in [0.4, 0.5) is 5.13 Å². The first kappa shape index (κ1) is 15.0. The second kappa shape index (κ2) is 6.35. The quantitative estimate of drug-likeness (QED) is 0.944. The van der Waals surface area contributed by atoms with Crippen molar-refractivity contribution in [2.45, 2.75) is 13.3 Å². The van der Waals surface area contributed by atoms with Gasteiger partial charge in [0, 0.05) is 23.4 Å². The van der Waals surface area contributed by atoms with Gasteiger partial charge in [0.2, 0.25) is 0 Å². The van der Waals surface area contributed by atoms with E-state index in [1.165, 1.54) is 16.2 Å². The van der Waals surface area contributed by atoms with Crippen LogP contribution in [0.5, 0.6) is 0 Å². The van der Waals surface area contributed by atoms with Crippen LogP contribution in [-0.2, 0) is 11.2 Å². The summed E-state index contributed by atoms with van der Waals surface area (Å²) in [4.78, 5) is 18.3. The number of nitrogens with zero attached hydrogens (tertiary/aromatic N) is 2. The van der Waals surface area contributed by atoms with Crippen LogP contribution >= 0.6 is 22.9 Å². The Kier molecular flexibility index (Phi) is 4.75. The summed E-state index contributed by atoms with van der Waals surface area (Å²) >= 11 is 7.43. The van der Waals surface area contributed by atoms with E-state index in [1.54, 1.807) is 7.05 Å². The number of aliphatic hydroxyl groups excluding tert-OH is 1. The Balaban J connectivity index is 2.22. The average Bonchev–Trinajstić information content (AvgIpc) is 2.78. The average molecular weight is 311 g/mol. The van der Waals surface area contributed by atoms with Crippen LogP contribution in [-0.4, -0.2) is 29.7 Å². The lowest BCUT2D eigenvalue weighted by molar-refractivity contribution is -0.120. The number of carbonyl (C=O) groups is 1. The van der Waals surface area contributed by atoms with Crippen molar-refractivity contribution < 1.29 is 9.90 Å². The van der Waals surface area contributed by atoms with E-state index < -0.39 is 6.61 Å². The molecule has 0 aliphatic heterocycles. The molecule has 0 radical (unpaired) electrons. The molecule has 0 atom stereocenters. The van der Waals surface area contributed by atoms with Gasteiger partial charge >= 0.3 is 0 Å². The van der Waals surface area contributed by atoms with Gasteiger partial charge < -0.3 is 5.11 Å². The van der Waals surface area contributed by atoms with Gasteiger partial charge in [-0.05, 0) is 24.6 Å². The molecule has 0 fully saturated rings. The second-order valence-corrected chi connectivity index (χ2v) is 5.92. The van der Waals surface area contributed by atoms with Crippen molar-refractivity contribution in [2.24, 2.45) is 0 Å². The number of aliphatic hydroxyl groups is 1. The maximum atomic E-state index is 11.5. The third-order valence-electron chi connectivity index (χ3n) is 2.93. The van der Waals surface area contributed by atoms with E-state index in [-0.39, 0.29) is 5.91 Å². The summed E-state index contributed by atoms with van der Waals surface area (Å²) in [6.07, 6.45) is 0.727. The number of aromatic nitrogens is 1.